The maximum Gasteiger partial charge on any atom is 0.299 e. The summed E-state index contributed by atoms with van der Waals surface area (Å²) in [5, 5.41) is 0. The zero-order valence-corrected chi connectivity index (χ0v) is 9.97. The third-order valence-corrected chi connectivity index (χ3v) is 3.12. The lowest BCUT2D eigenvalue weighted by Gasteiger charge is -2.16. The van der Waals surface area contributed by atoms with Crippen LogP contribution in [0.25, 0.3) is 0 Å². The van der Waals surface area contributed by atoms with Gasteiger partial charge in [-0.2, -0.15) is 0 Å². The molecule has 0 unspecified atom stereocenters. The molecule has 0 N–H and O–H groups in total. The molecule has 1 aliphatic rings. The van der Waals surface area contributed by atoms with Gasteiger partial charge in [0.2, 0.25) is 0 Å². The van der Waals surface area contributed by atoms with Crippen molar-refractivity contribution in [3.8, 4) is 0 Å². The fraction of sp³-hybridized carbons (Fsp3) is 0.0667. The summed E-state index contributed by atoms with van der Waals surface area (Å²) in [6.07, 6.45) is 0. The first-order valence-electron chi connectivity index (χ1n) is 5.86. The highest BCUT2D eigenvalue weighted by atomic mass is 19.1. The van der Waals surface area contributed by atoms with Crippen molar-refractivity contribution in [1.82, 2.24) is 0 Å². The lowest BCUT2D eigenvalue weighted by Crippen LogP contribution is -2.29. The topological polar surface area (TPSA) is 37.4 Å². The van der Waals surface area contributed by atoms with Crippen LogP contribution in [0.5, 0.6) is 0 Å². The average Bonchev–Trinajstić information content (AvgIpc) is 2.65. The number of benzene rings is 2. The summed E-state index contributed by atoms with van der Waals surface area (Å²) < 4.78 is 13.3. The van der Waals surface area contributed by atoms with Gasteiger partial charge in [0, 0.05) is 0 Å². The number of carbonyl (C=O) groups is 2. The lowest BCUT2D eigenvalue weighted by molar-refractivity contribution is -0.114. The first kappa shape index (κ1) is 11.6. The lowest BCUT2D eigenvalue weighted by atomic mass is 10.1. The van der Waals surface area contributed by atoms with E-state index in [4.69, 9.17) is 0 Å². The molecule has 2 aromatic rings. The number of ketones is 1. The summed E-state index contributed by atoms with van der Waals surface area (Å²) >= 11 is 0. The third-order valence-electron chi connectivity index (χ3n) is 3.12. The molecule has 4 heteroatoms. The van der Waals surface area contributed by atoms with Crippen LogP contribution in [-0.2, 0) is 11.3 Å². The molecule has 0 bridgehead atoms. The highest BCUT2D eigenvalue weighted by molar-refractivity contribution is 6.52. The van der Waals surface area contributed by atoms with Gasteiger partial charge in [0.1, 0.15) is 5.82 Å². The minimum Gasteiger partial charge on any atom is -0.300 e. The Hall–Kier alpha value is -2.49. The zero-order valence-electron chi connectivity index (χ0n) is 9.97. The number of Topliss-reactive ketones (excluding diaryl/α,β-unsaturated/α-hetero) is 1. The Morgan fingerprint density at radius 2 is 1.74 bits per heavy atom. The van der Waals surface area contributed by atoms with Gasteiger partial charge in [-0.25, -0.2) is 4.39 Å². The molecule has 1 amide bonds. The molecule has 0 aliphatic carbocycles. The zero-order chi connectivity index (χ0) is 13.4. The number of anilines is 1. The molecule has 0 saturated heterocycles. The van der Waals surface area contributed by atoms with E-state index in [0.29, 0.717) is 5.69 Å². The summed E-state index contributed by atoms with van der Waals surface area (Å²) in [6, 6.07) is 13.1. The van der Waals surface area contributed by atoms with Gasteiger partial charge in [0.15, 0.2) is 0 Å². The Labute approximate surface area is 109 Å². The van der Waals surface area contributed by atoms with E-state index in [1.54, 1.807) is 0 Å². The van der Waals surface area contributed by atoms with Crippen molar-refractivity contribution >= 4 is 17.4 Å². The van der Waals surface area contributed by atoms with Gasteiger partial charge in [-0.3, -0.25) is 9.59 Å². The van der Waals surface area contributed by atoms with Crippen LogP contribution in [0.15, 0.2) is 48.5 Å². The van der Waals surface area contributed by atoms with Crippen molar-refractivity contribution < 1.29 is 14.0 Å². The molecule has 19 heavy (non-hydrogen) atoms. The van der Waals surface area contributed by atoms with Gasteiger partial charge in [-0.1, -0.05) is 30.3 Å². The van der Waals surface area contributed by atoms with Crippen LogP contribution in [0, 0.1) is 5.82 Å². The number of nitrogens with zero attached hydrogens (tertiary/aromatic N) is 1. The van der Waals surface area contributed by atoms with E-state index >= 15 is 0 Å². The predicted octanol–water partition coefficient (Wildman–Crippen LogP) is 2.56. The molecule has 3 rings (SSSR count). The Morgan fingerprint density at radius 3 is 2.47 bits per heavy atom. The number of fused-ring (bicyclic) bond motifs is 1. The summed E-state index contributed by atoms with van der Waals surface area (Å²) in [6.45, 7) is 0.266. The van der Waals surface area contributed by atoms with Gasteiger partial charge >= 0.3 is 0 Å². The average molecular weight is 255 g/mol. The first-order valence-corrected chi connectivity index (χ1v) is 5.86. The van der Waals surface area contributed by atoms with Crippen molar-refractivity contribution in [1.29, 1.82) is 0 Å². The highest BCUT2D eigenvalue weighted by Crippen LogP contribution is 2.30. The third kappa shape index (κ3) is 1.91. The minimum atomic E-state index is -0.607. The van der Waals surface area contributed by atoms with Crippen LogP contribution < -0.4 is 4.90 Å². The molecule has 0 radical (unpaired) electrons. The summed E-state index contributed by atoms with van der Waals surface area (Å²) in [5.74, 6) is -1.64. The van der Waals surface area contributed by atoms with Crippen molar-refractivity contribution in [3.63, 3.8) is 0 Å². The molecular formula is C15H10FNO2. The second-order valence-electron chi connectivity index (χ2n) is 4.37. The SMILES string of the molecule is O=C1C(=O)N(Cc2ccccc2)c2cc(F)ccc21. The number of rotatable bonds is 2. The normalized spacial score (nSPS) is 13.8. The molecule has 0 spiro atoms. The molecule has 3 nitrogen and oxygen atoms in total. The number of carbonyl (C=O) groups excluding carboxylic acids is 2. The summed E-state index contributed by atoms with van der Waals surface area (Å²) in [5.41, 5.74) is 1.50. The molecule has 2 aromatic carbocycles. The molecule has 94 valence electrons. The number of amides is 1. The molecule has 0 aromatic heterocycles. The largest absolute Gasteiger partial charge is 0.300 e. The summed E-state index contributed by atoms with van der Waals surface area (Å²) in [4.78, 5) is 25.0. The van der Waals surface area contributed by atoms with E-state index in [0.717, 1.165) is 5.56 Å². The van der Waals surface area contributed by atoms with Crippen LogP contribution in [0.1, 0.15) is 15.9 Å². The second-order valence-corrected chi connectivity index (χ2v) is 4.37. The standard InChI is InChI=1S/C15H10FNO2/c16-11-6-7-12-13(8-11)17(15(19)14(12)18)9-10-4-2-1-3-5-10/h1-8H,9H2. The second kappa shape index (κ2) is 4.31. The van der Waals surface area contributed by atoms with Crippen LogP contribution in [0.2, 0.25) is 0 Å². The van der Waals surface area contributed by atoms with Gasteiger partial charge < -0.3 is 4.90 Å². The number of hydrogen-bond acceptors (Lipinski definition) is 2. The van der Waals surface area contributed by atoms with Gasteiger partial charge in [-0.05, 0) is 23.8 Å². The van der Waals surface area contributed by atoms with Crippen molar-refractivity contribution in [2.24, 2.45) is 0 Å². The first-order chi connectivity index (χ1) is 9.16. The van der Waals surface area contributed by atoms with Crippen LogP contribution >= 0.6 is 0 Å². The fourth-order valence-corrected chi connectivity index (χ4v) is 2.19. The molecule has 0 atom stereocenters. The van der Waals surface area contributed by atoms with Crippen LogP contribution in [-0.4, -0.2) is 11.7 Å². The summed E-state index contributed by atoms with van der Waals surface area (Å²) in [7, 11) is 0. The van der Waals surface area contributed by atoms with Crippen molar-refractivity contribution in [2.75, 3.05) is 4.90 Å². The van der Waals surface area contributed by atoms with Crippen LogP contribution in [0.3, 0.4) is 0 Å². The Bertz CT molecular complexity index is 667. The maximum atomic E-state index is 13.3. The monoisotopic (exact) mass is 255 g/mol. The predicted molar refractivity (Wildman–Crippen MR) is 68.4 cm³/mol. The molecule has 1 aliphatic heterocycles. The quantitative estimate of drug-likeness (QED) is 0.773. The van der Waals surface area contributed by atoms with Gasteiger partial charge in [0.25, 0.3) is 11.7 Å². The van der Waals surface area contributed by atoms with Gasteiger partial charge in [0.05, 0.1) is 17.8 Å². The van der Waals surface area contributed by atoms with Gasteiger partial charge in [-0.15, -0.1) is 0 Å². The molecule has 1 heterocycles. The van der Waals surface area contributed by atoms with E-state index < -0.39 is 17.5 Å². The van der Waals surface area contributed by atoms with Crippen molar-refractivity contribution in [2.45, 2.75) is 6.54 Å². The Balaban J connectivity index is 2.01. The molecule has 0 saturated carbocycles. The molecular weight excluding hydrogens is 245 g/mol. The Kier molecular flexibility index (Phi) is 2.63. The van der Waals surface area contributed by atoms with E-state index in [2.05, 4.69) is 0 Å². The fourth-order valence-electron chi connectivity index (χ4n) is 2.19. The van der Waals surface area contributed by atoms with E-state index in [1.165, 1.54) is 23.1 Å². The highest BCUT2D eigenvalue weighted by Gasteiger charge is 2.35. The van der Waals surface area contributed by atoms with E-state index in [1.807, 2.05) is 30.3 Å². The Morgan fingerprint density at radius 1 is 1.00 bits per heavy atom. The molecule has 0 fully saturated rings. The van der Waals surface area contributed by atoms with E-state index in [-0.39, 0.29) is 12.1 Å². The number of hydrogen-bond donors (Lipinski definition) is 0. The van der Waals surface area contributed by atoms with Crippen molar-refractivity contribution in [3.05, 3.63) is 65.5 Å². The van der Waals surface area contributed by atoms with E-state index in [9.17, 15) is 14.0 Å². The maximum absolute atomic E-state index is 13.3. The number of halogens is 1. The van der Waals surface area contributed by atoms with Crippen LogP contribution in [0.4, 0.5) is 10.1 Å². The minimum absolute atomic E-state index is 0.266. The smallest absolute Gasteiger partial charge is 0.299 e.